The van der Waals surface area contributed by atoms with Crippen molar-refractivity contribution in [3.63, 3.8) is 0 Å². The number of unbranched alkanes of at least 4 members (excludes halogenated alkanes) is 3. The molecule has 0 bridgehead atoms. The topological polar surface area (TPSA) is 44.5 Å². The van der Waals surface area contributed by atoms with Gasteiger partial charge in [-0.2, -0.15) is 0 Å². The van der Waals surface area contributed by atoms with E-state index in [0.717, 1.165) is 54.7 Å². The number of hydrogen-bond donors (Lipinski definition) is 1. The van der Waals surface area contributed by atoms with E-state index >= 15 is 0 Å². The molecule has 0 saturated heterocycles. The average molecular weight is 283 g/mol. The van der Waals surface area contributed by atoms with E-state index in [1.807, 2.05) is 12.1 Å². The van der Waals surface area contributed by atoms with Crippen LogP contribution in [0.5, 0.6) is 11.5 Å². The van der Waals surface area contributed by atoms with Gasteiger partial charge in [0.1, 0.15) is 11.5 Å². The van der Waals surface area contributed by atoms with Gasteiger partial charge in [0.2, 0.25) is 0 Å². The molecule has 1 aromatic carbocycles. The van der Waals surface area contributed by atoms with Gasteiger partial charge in [-0.15, -0.1) is 0 Å². The second kappa shape index (κ2) is 9.59. The van der Waals surface area contributed by atoms with Gasteiger partial charge in [-0.25, -0.2) is 0 Å². The van der Waals surface area contributed by atoms with Gasteiger partial charge in [0.05, 0.1) is 20.9 Å². The first kappa shape index (κ1) is 16.8. The Morgan fingerprint density at radius 2 is 1.45 bits per heavy atom. The monoisotopic (exact) mass is 283 g/mol. The lowest BCUT2D eigenvalue weighted by Crippen LogP contribution is -2.05. The van der Waals surface area contributed by atoms with E-state index in [1.165, 1.54) is 0 Å². The lowest BCUT2D eigenvalue weighted by atomic mass is 10.0. The molecule has 0 aromatic heterocycles. The fourth-order valence-electron chi connectivity index (χ4n) is 2.33. The Balaban J connectivity index is 2.73. The van der Waals surface area contributed by atoms with Crippen LogP contribution in [0.3, 0.4) is 0 Å². The van der Waals surface area contributed by atoms with Crippen molar-refractivity contribution in [1.82, 2.24) is 0 Å². The van der Waals surface area contributed by atoms with Crippen LogP contribution in [0.2, 0.25) is 0 Å². The number of nitrogens with two attached hydrogens (primary N) is 1. The minimum Gasteiger partial charge on any atom is -0.496 e. The van der Waals surface area contributed by atoms with Crippen molar-refractivity contribution in [2.75, 3.05) is 27.4 Å². The Morgan fingerprint density at radius 1 is 0.900 bits per heavy atom. The first-order valence-corrected chi connectivity index (χ1v) is 7.26. The van der Waals surface area contributed by atoms with Crippen LogP contribution in [-0.2, 0) is 12.8 Å². The molecule has 0 amide bonds. The van der Waals surface area contributed by atoms with Gasteiger partial charge >= 0.3 is 0 Å². The van der Waals surface area contributed by atoms with E-state index in [0.29, 0.717) is 13.0 Å². The van der Waals surface area contributed by atoms with Crippen LogP contribution in [-0.4, -0.2) is 27.4 Å². The summed E-state index contributed by atoms with van der Waals surface area (Å²) in [5.41, 5.74) is 7.83. The number of hydrogen-bond acceptors (Lipinski definition) is 3. The zero-order valence-electron chi connectivity index (χ0n) is 12.6. The summed E-state index contributed by atoms with van der Waals surface area (Å²) in [7, 11) is 3.35. The van der Waals surface area contributed by atoms with Crippen LogP contribution in [0.15, 0.2) is 12.1 Å². The quantitative estimate of drug-likeness (QED) is 0.670. The van der Waals surface area contributed by atoms with Crippen LogP contribution >= 0.6 is 0 Å². The maximum Gasteiger partial charge on any atom is 0.122 e. The summed E-state index contributed by atoms with van der Waals surface area (Å²) in [4.78, 5) is 0. The minimum absolute atomic E-state index is 0.217. The summed E-state index contributed by atoms with van der Waals surface area (Å²) in [5, 5.41) is 0. The number of benzene rings is 1. The summed E-state index contributed by atoms with van der Waals surface area (Å²) in [5.74, 6) is 1.76. The van der Waals surface area contributed by atoms with Gasteiger partial charge < -0.3 is 15.2 Å². The molecule has 4 heteroatoms. The highest BCUT2D eigenvalue weighted by Crippen LogP contribution is 2.30. The maximum absolute atomic E-state index is 12.0. The molecule has 0 spiro atoms. The van der Waals surface area contributed by atoms with Crippen molar-refractivity contribution in [3.05, 3.63) is 23.3 Å². The molecule has 114 valence electrons. The lowest BCUT2D eigenvalue weighted by molar-refractivity contribution is 0.394. The van der Waals surface area contributed by atoms with Crippen molar-refractivity contribution in [1.29, 1.82) is 0 Å². The molecule has 0 atom stereocenters. The molecular formula is C16H26FNO2. The Kier molecular flexibility index (Phi) is 8.04. The predicted octanol–water partition coefficient (Wildman–Crippen LogP) is 3.28. The van der Waals surface area contributed by atoms with Crippen molar-refractivity contribution in [3.8, 4) is 11.5 Å². The SMILES string of the molecule is COc1cc(CCCCCCF)c(OC)cc1CCN. The third kappa shape index (κ3) is 5.00. The largest absolute Gasteiger partial charge is 0.496 e. The fourth-order valence-corrected chi connectivity index (χ4v) is 2.33. The van der Waals surface area contributed by atoms with Crippen molar-refractivity contribution >= 4 is 0 Å². The number of rotatable bonds is 10. The van der Waals surface area contributed by atoms with Gasteiger partial charge in [0.15, 0.2) is 0 Å². The molecule has 0 aliphatic carbocycles. The Bertz CT molecular complexity index is 396. The molecule has 0 aliphatic heterocycles. The van der Waals surface area contributed by atoms with E-state index in [1.54, 1.807) is 14.2 Å². The number of ether oxygens (including phenoxy) is 2. The highest BCUT2D eigenvalue weighted by Gasteiger charge is 2.10. The van der Waals surface area contributed by atoms with Crippen LogP contribution in [0.25, 0.3) is 0 Å². The molecule has 2 N–H and O–H groups in total. The van der Waals surface area contributed by atoms with Crippen LogP contribution < -0.4 is 15.2 Å². The zero-order chi connectivity index (χ0) is 14.8. The molecule has 1 rings (SSSR count). The maximum atomic E-state index is 12.0. The molecule has 0 saturated carbocycles. The number of aryl methyl sites for hydroxylation is 1. The van der Waals surface area contributed by atoms with Gasteiger partial charge in [0.25, 0.3) is 0 Å². The molecule has 0 aliphatic rings. The van der Waals surface area contributed by atoms with Crippen molar-refractivity contribution in [2.45, 2.75) is 38.5 Å². The second-order valence-corrected chi connectivity index (χ2v) is 4.87. The van der Waals surface area contributed by atoms with Gasteiger partial charge in [-0.3, -0.25) is 4.39 Å². The van der Waals surface area contributed by atoms with E-state index in [2.05, 4.69) is 0 Å². The van der Waals surface area contributed by atoms with Gasteiger partial charge in [0, 0.05) is 0 Å². The van der Waals surface area contributed by atoms with Crippen LogP contribution in [0.1, 0.15) is 36.8 Å². The predicted molar refractivity (Wildman–Crippen MR) is 80.5 cm³/mol. The summed E-state index contributed by atoms with van der Waals surface area (Å²) in [6.45, 7) is 0.368. The lowest BCUT2D eigenvalue weighted by Gasteiger charge is -2.14. The zero-order valence-corrected chi connectivity index (χ0v) is 12.6. The van der Waals surface area contributed by atoms with E-state index in [-0.39, 0.29) is 6.67 Å². The number of halogens is 1. The van der Waals surface area contributed by atoms with Gasteiger partial charge in [-0.05, 0) is 55.5 Å². The Labute approximate surface area is 121 Å². The fraction of sp³-hybridized carbons (Fsp3) is 0.625. The molecule has 3 nitrogen and oxygen atoms in total. The normalized spacial score (nSPS) is 10.6. The van der Waals surface area contributed by atoms with E-state index < -0.39 is 0 Å². The van der Waals surface area contributed by atoms with Crippen LogP contribution in [0.4, 0.5) is 4.39 Å². The molecule has 20 heavy (non-hydrogen) atoms. The standard InChI is InChI=1S/C16H26FNO2/c1-19-15-12-14(8-10-18)16(20-2)11-13(15)7-5-3-4-6-9-17/h11-12H,3-10,18H2,1-2H3. The van der Waals surface area contributed by atoms with Crippen molar-refractivity contribution in [2.24, 2.45) is 5.73 Å². The molecule has 0 radical (unpaired) electrons. The summed E-state index contributed by atoms with van der Waals surface area (Å²) in [6, 6.07) is 4.06. The van der Waals surface area contributed by atoms with Gasteiger partial charge in [-0.1, -0.05) is 12.8 Å². The first-order valence-electron chi connectivity index (χ1n) is 7.26. The molecule has 1 aromatic rings. The molecular weight excluding hydrogens is 257 g/mol. The first-order chi connectivity index (χ1) is 9.76. The molecule has 0 heterocycles. The molecule has 0 unspecified atom stereocenters. The van der Waals surface area contributed by atoms with E-state index in [4.69, 9.17) is 15.2 Å². The second-order valence-electron chi connectivity index (χ2n) is 4.87. The highest BCUT2D eigenvalue weighted by molar-refractivity contribution is 5.46. The smallest absolute Gasteiger partial charge is 0.122 e. The summed E-state index contributed by atoms with van der Waals surface area (Å²) in [6.07, 6.45) is 5.39. The Morgan fingerprint density at radius 3 is 1.95 bits per heavy atom. The number of methoxy groups -OCH3 is 2. The van der Waals surface area contributed by atoms with E-state index in [9.17, 15) is 4.39 Å². The highest BCUT2D eigenvalue weighted by atomic mass is 19.1. The van der Waals surface area contributed by atoms with Crippen molar-refractivity contribution < 1.29 is 13.9 Å². The van der Waals surface area contributed by atoms with Crippen LogP contribution in [0, 0.1) is 0 Å². The summed E-state index contributed by atoms with van der Waals surface area (Å²) >= 11 is 0. The number of alkyl halides is 1. The third-order valence-corrected chi connectivity index (χ3v) is 3.43. The summed E-state index contributed by atoms with van der Waals surface area (Å²) < 4.78 is 22.9. The minimum atomic E-state index is -0.217. The average Bonchev–Trinajstić information content (AvgIpc) is 2.47. The Hall–Kier alpha value is -1.29. The third-order valence-electron chi connectivity index (χ3n) is 3.43. The molecule has 0 fully saturated rings.